The standard InChI is InChI=1S/C40H37BrN4O5/c41-37-31-24-29(43-40(49)33-13-7-21-45(33)36(47)22-25-8-2-1-3-9-25)18-19-34(31)50-38(37)27-16-14-26(15-17-27)30-11-5-4-10-28(30)23-35(46)44-39(48)32-12-6-20-42-32/h1-5,8-11,14-19,24,32-33,42H,6-7,12-13,20-23H2,(H,43,49)(H,44,46,48)/t32-,33-/m0/s1. The van der Waals surface area contributed by atoms with Gasteiger partial charge in [-0.1, -0.05) is 78.9 Å². The van der Waals surface area contributed by atoms with Crippen molar-refractivity contribution in [1.29, 1.82) is 0 Å². The SMILES string of the molecule is O=C(Cc1ccccc1-c1ccc(-c2oc3ccc(NC(=O)[C@@H]4CCCN4C(=O)Cc4ccccc4)cc3c2Br)cc1)NC(=O)[C@@H]1CCCN1. The van der Waals surface area contributed by atoms with Gasteiger partial charge in [-0.3, -0.25) is 24.5 Å². The Hall–Kier alpha value is -5.06. The van der Waals surface area contributed by atoms with E-state index in [1.807, 2.05) is 91.0 Å². The molecule has 50 heavy (non-hydrogen) atoms. The molecular weight excluding hydrogens is 696 g/mol. The van der Waals surface area contributed by atoms with E-state index in [1.54, 1.807) is 11.0 Å². The van der Waals surface area contributed by atoms with Gasteiger partial charge >= 0.3 is 0 Å². The minimum atomic E-state index is -0.514. The zero-order chi connectivity index (χ0) is 34.6. The molecule has 10 heteroatoms. The lowest BCUT2D eigenvalue weighted by molar-refractivity contribution is -0.136. The molecule has 2 fully saturated rings. The van der Waals surface area contributed by atoms with E-state index >= 15 is 0 Å². The zero-order valence-electron chi connectivity index (χ0n) is 27.4. The molecule has 7 rings (SSSR count). The van der Waals surface area contributed by atoms with Gasteiger partial charge in [0.15, 0.2) is 0 Å². The van der Waals surface area contributed by atoms with Crippen LogP contribution in [0.15, 0.2) is 106 Å². The highest BCUT2D eigenvalue weighted by Crippen LogP contribution is 2.39. The number of hydrogen-bond acceptors (Lipinski definition) is 6. The number of likely N-dealkylation sites (tertiary alicyclic amines) is 1. The molecule has 1 aromatic heterocycles. The van der Waals surface area contributed by atoms with E-state index < -0.39 is 6.04 Å². The van der Waals surface area contributed by atoms with Crippen molar-refractivity contribution in [2.75, 3.05) is 18.4 Å². The lowest BCUT2D eigenvalue weighted by Gasteiger charge is -2.24. The lowest BCUT2D eigenvalue weighted by Crippen LogP contribution is -2.43. The fourth-order valence-corrected chi connectivity index (χ4v) is 7.49. The third-order valence-corrected chi connectivity index (χ3v) is 10.2. The number of rotatable bonds is 9. The summed E-state index contributed by atoms with van der Waals surface area (Å²) in [4.78, 5) is 53.3. The van der Waals surface area contributed by atoms with E-state index in [0.29, 0.717) is 30.0 Å². The van der Waals surface area contributed by atoms with Gasteiger partial charge in [0.1, 0.15) is 17.4 Å². The van der Waals surface area contributed by atoms with Crippen molar-refractivity contribution in [3.8, 4) is 22.5 Å². The molecule has 2 aliphatic heterocycles. The van der Waals surface area contributed by atoms with E-state index in [1.165, 1.54) is 0 Å². The molecule has 254 valence electrons. The second-order valence-electron chi connectivity index (χ2n) is 12.8. The Bertz CT molecular complexity index is 2050. The van der Waals surface area contributed by atoms with Crippen molar-refractivity contribution in [3.05, 3.63) is 113 Å². The molecule has 0 saturated carbocycles. The Morgan fingerprint density at radius 1 is 0.820 bits per heavy atom. The van der Waals surface area contributed by atoms with Gasteiger partial charge in [0, 0.05) is 23.2 Å². The first-order chi connectivity index (χ1) is 24.3. The molecule has 4 aromatic carbocycles. The summed E-state index contributed by atoms with van der Waals surface area (Å²) in [6.45, 7) is 1.35. The summed E-state index contributed by atoms with van der Waals surface area (Å²) in [6.07, 6.45) is 3.43. The number of halogens is 1. The number of amides is 4. The van der Waals surface area contributed by atoms with Gasteiger partial charge in [0.25, 0.3) is 0 Å². The summed E-state index contributed by atoms with van der Waals surface area (Å²) in [6, 6.07) is 29.9. The van der Waals surface area contributed by atoms with Crippen molar-refractivity contribution in [2.24, 2.45) is 0 Å². The monoisotopic (exact) mass is 732 g/mol. The van der Waals surface area contributed by atoms with Crippen molar-refractivity contribution in [3.63, 3.8) is 0 Å². The summed E-state index contributed by atoms with van der Waals surface area (Å²) in [5.74, 6) is -0.196. The summed E-state index contributed by atoms with van der Waals surface area (Å²) >= 11 is 3.73. The number of nitrogens with one attached hydrogen (secondary N) is 3. The predicted molar refractivity (Wildman–Crippen MR) is 196 cm³/mol. The highest BCUT2D eigenvalue weighted by molar-refractivity contribution is 9.10. The molecule has 9 nitrogen and oxygen atoms in total. The molecule has 2 atom stereocenters. The molecular formula is C40H37BrN4O5. The second kappa shape index (κ2) is 14.8. The van der Waals surface area contributed by atoms with E-state index in [4.69, 9.17) is 4.42 Å². The lowest BCUT2D eigenvalue weighted by atomic mass is 9.96. The predicted octanol–water partition coefficient (Wildman–Crippen LogP) is 6.64. The van der Waals surface area contributed by atoms with Crippen LogP contribution in [0.25, 0.3) is 33.4 Å². The molecule has 2 saturated heterocycles. The van der Waals surface area contributed by atoms with Crippen LogP contribution >= 0.6 is 15.9 Å². The number of nitrogens with zero attached hydrogens (tertiary/aromatic N) is 1. The van der Waals surface area contributed by atoms with Gasteiger partial charge < -0.3 is 20.0 Å². The maximum absolute atomic E-state index is 13.4. The molecule has 0 radical (unpaired) electrons. The Kier molecular flexibility index (Phi) is 9.91. The van der Waals surface area contributed by atoms with Crippen molar-refractivity contribution < 1.29 is 23.6 Å². The van der Waals surface area contributed by atoms with Gasteiger partial charge in [0.05, 0.1) is 23.4 Å². The van der Waals surface area contributed by atoms with Crippen LogP contribution in [0, 0.1) is 0 Å². The molecule has 5 aromatic rings. The summed E-state index contributed by atoms with van der Waals surface area (Å²) in [5, 5.41) is 9.50. The van der Waals surface area contributed by atoms with Crippen molar-refractivity contribution in [1.82, 2.24) is 15.5 Å². The summed E-state index contributed by atoms with van der Waals surface area (Å²) in [7, 11) is 0. The number of benzene rings is 4. The van der Waals surface area contributed by atoms with Gasteiger partial charge in [-0.2, -0.15) is 0 Å². The molecule has 0 spiro atoms. The number of carbonyl (C=O) groups excluding carboxylic acids is 4. The highest BCUT2D eigenvalue weighted by Gasteiger charge is 2.34. The van der Waals surface area contributed by atoms with Crippen molar-refractivity contribution >= 4 is 56.2 Å². The Morgan fingerprint density at radius 2 is 1.58 bits per heavy atom. The Labute approximate surface area is 298 Å². The van der Waals surface area contributed by atoms with Crippen LogP contribution < -0.4 is 16.0 Å². The number of fused-ring (bicyclic) bond motifs is 1. The van der Waals surface area contributed by atoms with E-state index in [2.05, 4.69) is 31.9 Å². The van der Waals surface area contributed by atoms with Crippen molar-refractivity contribution in [2.45, 2.75) is 50.6 Å². The Balaban J connectivity index is 1.03. The van der Waals surface area contributed by atoms with Gasteiger partial charge in [0.2, 0.25) is 23.6 Å². The third kappa shape index (κ3) is 7.27. The average Bonchev–Trinajstić information content (AvgIpc) is 3.91. The van der Waals surface area contributed by atoms with Crippen LogP contribution in [-0.2, 0) is 32.0 Å². The zero-order valence-corrected chi connectivity index (χ0v) is 29.0. The average molecular weight is 734 g/mol. The van der Waals surface area contributed by atoms with Crippen LogP contribution in [0.5, 0.6) is 0 Å². The smallest absolute Gasteiger partial charge is 0.247 e. The number of furan rings is 1. The molecule has 0 aliphatic carbocycles. The largest absolute Gasteiger partial charge is 0.455 e. The molecule has 3 heterocycles. The fourth-order valence-electron chi connectivity index (χ4n) is 6.87. The molecule has 4 amide bonds. The molecule has 0 bridgehead atoms. The minimum absolute atomic E-state index is 0.0460. The molecule has 0 unspecified atom stereocenters. The first-order valence-corrected chi connectivity index (χ1v) is 17.8. The summed E-state index contributed by atoms with van der Waals surface area (Å²) < 4.78 is 7.01. The maximum atomic E-state index is 13.4. The van der Waals surface area contributed by atoms with Crippen LogP contribution in [0.2, 0.25) is 0 Å². The van der Waals surface area contributed by atoms with E-state index in [9.17, 15) is 19.2 Å². The Morgan fingerprint density at radius 3 is 2.36 bits per heavy atom. The van der Waals surface area contributed by atoms with Crippen LogP contribution in [-0.4, -0.2) is 53.7 Å². The molecule has 2 aliphatic rings. The highest BCUT2D eigenvalue weighted by atomic mass is 79.9. The summed E-state index contributed by atoms with van der Waals surface area (Å²) in [5.41, 5.74) is 5.73. The minimum Gasteiger partial charge on any atom is -0.455 e. The van der Waals surface area contributed by atoms with Gasteiger partial charge in [-0.25, -0.2) is 0 Å². The number of hydrogen-bond donors (Lipinski definition) is 3. The first kappa shape index (κ1) is 33.4. The molecule has 3 N–H and O–H groups in total. The number of carbonyl (C=O) groups is 4. The van der Waals surface area contributed by atoms with E-state index in [-0.39, 0.29) is 42.5 Å². The van der Waals surface area contributed by atoms with E-state index in [0.717, 1.165) is 63.5 Å². The number of imide groups is 1. The van der Waals surface area contributed by atoms with Crippen LogP contribution in [0.3, 0.4) is 0 Å². The maximum Gasteiger partial charge on any atom is 0.247 e. The van der Waals surface area contributed by atoms with Crippen LogP contribution in [0.4, 0.5) is 5.69 Å². The normalized spacial score (nSPS) is 17.2. The first-order valence-electron chi connectivity index (χ1n) is 17.0. The fraction of sp³-hybridized carbons (Fsp3) is 0.250. The quantitative estimate of drug-likeness (QED) is 0.156. The van der Waals surface area contributed by atoms with Gasteiger partial charge in [-0.15, -0.1) is 0 Å². The second-order valence-corrected chi connectivity index (χ2v) is 13.6. The van der Waals surface area contributed by atoms with Gasteiger partial charge in [-0.05, 0) is 88.6 Å². The van der Waals surface area contributed by atoms with Crippen LogP contribution in [0.1, 0.15) is 36.8 Å². The topological polar surface area (TPSA) is 121 Å². The third-order valence-electron chi connectivity index (χ3n) is 9.43. The number of anilines is 1.